The molecular formula is C14H9Cl2FN4. The van der Waals surface area contributed by atoms with Gasteiger partial charge in [0.1, 0.15) is 16.1 Å². The third kappa shape index (κ3) is 2.17. The van der Waals surface area contributed by atoms with Crippen molar-refractivity contribution in [2.24, 2.45) is 0 Å². The minimum atomic E-state index is -0.322. The molecule has 0 N–H and O–H groups in total. The van der Waals surface area contributed by atoms with Gasteiger partial charge in [-0.2, -0.15) is 14.5 Å². The predicted molar refractivity (Wildman–Crippen MR) is 78.2 cm³/mol. The van der Waals surface area contributed by atoms with Gasteiger partial charge in [0, 0.05) is 5.92 Å². The number of halogens is 3. The molecule has 0 saturated heterocycles. The van der Waals surface area contributed by atoms with Crippen molar-refractivity contribution in [3.63, 3.8) is 0 Å². The molecule has 2 aromatic heterocycles. The van der Waals surface area contributed by atoms with E-state index in [-0.39, 0.29) is 11.0 Å². The van der Waals surface area contributed by atoms with Crippen molar-refractivity contribution in [1.82, 2.24) is 19.6 Å². The summed E-state index contributed by atoms with van der Waals surface area (Å²) in [5, 5.41) is 4.96. The van der Waals surface area contributed by atoms with Gasteiger partial charge in [-0.25, -0.2) is 4.39 Å². The molecular weight excluding hydrogens is 314 g/mol. The molecule has 4 rings (SSSR count). The summed E-state index contributed by atoms with van der Waals surface area (Å²) in [5.74, 6) is 1.21. The number of rotatable bonds is 2. The SMILES string of the molecule is Fc1ccc(-c2c(Cl)nc3nc(C4CC4)nn3c2Cl)cc1. The lowest BCUT2D eigenvalue weighted by molar-refractivity contribution is 0.628. The van der Waals surface area contributed by atoms with Gasteiger partial charge in [0.05, 0.1) is 5.56 Å². The molecule has 1 saturated carbocycles. The first kappa shape index (κ1) is 13.0. The van der Waals surface area contributed by atoms with E-state index in [2.05, 4.69) is 15.1 Å². The third-order valence-electron chi connectivity index (χ3n) is 3.48. The van der Waals surface area contributed by atoms with Crippen LogP contribution in [0.4, 0.5) is 4.39 Å². The Labute approximate surface area is 129 Å². The molecule has 21 heavy (non-hydrogen) atoms. The molecule has 1 aromatic carbocycles. The molecule has 0 bridgehead atoms. The van der Waals surface area contributed by atoms with Gasteiger partial charge < -0.3 is 0 Å². The molecule has 0 aliphatic heterocycles. The molecule has 3 aromatic rings. The minimum Gasteiger partial charge on any atom is -0.207 e. The summed E-state index contributed by atoms with van der Waals surface area (Å²) in [6.45, 7) is 0. The molecule has 0 atom stereocenters. The van der Waals surface area contributed by atoms with Gasteiger partial charge in [-0.05, 0) is 30.5 Å². The smallest absolute Gasteiger partial charge is 0.207 e. The van der Waals surface area contributed by atoms with Crippen molar-refractivity contribution in [2.45, 2.75) is 18.8 Å². The van der Waals surface area contributed by atoms with Gasteiger partial charge in [0.15, 0.2) is 5.82 Å². The lowest BCUT2D eigenvalue weighted by atomic mass is 10.1. The topological polar surface area (TPSA) is 43.1 Å². The van der Waals surface area contributed by atoms with Crippen LogP contribution in [0.3, 0.4) is 0 Å². The molecule has 7 heteroatoms. The van der Waals surface area contributed by atoms with E-state index in [0.29, 0.717) is 28.0 Å². The third-order valence-corrected chi connectivity index (χ3v) is 4.10. The second kappa shape index (κ2) is 4.64. The van der Waals surface area contributed by atoms with Crippen LogP contribution in [0.2, 0.25) is 10.3 Å². The molecule has 106 valence electrons. The van der Waals surface area contributed by atoms with Gasteiger partial charge in [0.2, 0.25) is 0 Å². The lowest BCUT2D eigenvalue weighted by Crippen LogP contribution is -1.97. The summed E-state index contributed by atoms with van der Waals surface area (Å²) in [4.78, 5) is 8.60. The van der Waals surface area contributed by atoms with Gasteiger partial charge in [-0.15, -0.1) is 5.10 Å². The lowest BCUT2D eigenvalue weighted by Gasteiger charge is -2.07. The summed E-state index contributed by atoms with van der Waals surface area (Å²) in [6.07, 6.45) is 2.18. The number of hydrogen-bond donors (Lipinski definition) is 0. The Balaban J connectivity index is 1.93. The minimum absolute atomic E-state index is 0.230. The van der Waals surface area contributed by atoms with E-state index in [1.54, 1.807) is 12.1 Å². The Morgan fingerprint density at radius 1 is 1.10 bits per heavy atom. The average Bonchev–Trinajstić information content (AvgIpc) is 3.22. The first-order chi connectivity index (χ1) is 10.1. The van der Waals surface area contributed by atoms with Crippen LogP contribution in [-0.2, 0) is 0 Å². The highest BCUT2D eigenvalue weighted by Gasteiger charge is 2.29. The number of fused-ring (bicyclic) bond motifs is 1. The Kier molecular flexibility index (Phi) is 2.87. The van der Waals surface area contributed by atoms with E-state index in [1.165, 1.54) is 16.6 Å². The van der Waals surface area contributed by atoms with Crippen molar-refractivity contribution in [2.75, 3.05) is 0 Å². The summed E-state index contributed by atoms with van der Waals surface area (Å²) in [5.41, 5.74) is 1.21. The van der Waals surface area contributed by atoms with Crippen molar-refractivity contribution < 1.29 is 4.39 Å². The Morgan fingerprint density at radius 2 is 1.81 bits per heavy atom. The molecule has 1 aliphatic rings. The van der Waals surface area contributed by atoms with Crippen LogP contribution < -0.4 is 0 Å². The molecule has 0 spiro atoms. The quantitative estimate of drug-likeness (QED) is 0.667. The molecule has 4 nitrogen and oxygen atoms in total. The maximum atomic E-state index is 13.0. The first-order valence-corrected chi connectivity index (χ1v) is 7.26. The normalized spacial score (nSPS) is 14.8. The highest BCUT2D eigenvalue weighted by atomic mass is 35.5. The van der Waals surface area contributed by atoms with Crippen molar-refractivity contribution in [1.29, 1.82) is 0 Å². The van der Waals surface area contributed by atoms with Gasteiger partial charge in [0.25, 0.3) is 5.78 Å². The number of aromatic nitrogens is 4. The summed E-state index contributed by atoms with van der Waals surface area (Å²) >= 11 is 12.6. The Bertz CT molecular complexity index is 840. The average molecular weight is 323 g/mol. The van der Waals surface area contributed by atoms with Crippen LogP contribution in [-0.4, -0.2) is 19.6 Å². The van der Waals surface area contributed by atoms with Gasteiger partial charge in [-0.3, -0.25) is 0 Å². The zero-order valence-electron chi connectivity index (χ0n) is 10.7. The van der Waals surface area contributed by atoms with E-state index >= 15 is 0 Å². The van der Waals surface area contributed by atoms with Crippen molar-refractivity contribution in [3.8, 4) is 11.1 Å². The fourth-order valence-corrected chi connectivity index (χ4v) is 2.86. The molecule has 0 unspecified atom stereocenters. The number of nitrogens with zero attached hydrogens (tertiary/aromatic N) is 4. The molecule has 1 fully saturated rings. The second-order valence-electron chi connectivity index (χ2n) is 5.03. The maximum Gasteiger partial charge on any atom is 0.255 e. The van der Waals surface area contributed by atoms with E-state index in [0.717, 1.165) is 18.7 Å². The zero-order valence-corrected chi connectivity index (χ0v) is 12.2. The van der Waals surface area contributed by atoms with Crippen LogP contribution in [0.1, 0.15) is 24.6 Å². The largest absolute Gasteiger partial charge is 0.255 e. The molecule has 0 radical (unpaired) electrons. The van der Waals surface area contributed by atoms with Crippen LogP contribution in [0.5, 0.6) is 0 Å². The molecule has 1 aliphatic carbocycles. The van der Waals surface area contributed by atoms with Crippen LogP contribution >= 0.6 is 23.2 Å². The first-order valence-electron chi connectivity index (χ1n) is 6.51. The van der Waals surface area contributed by atoms with Crippen molar-refractivity contribution in [3.05, 3.63) is 46.2 Å². The van der Waals surface area contributed by atoms with Crippen LogP contribution in [0, 0.1) is 5.82 Å². The zero-order chi connectivity index (χ0) is 14.6. The highest BCUT2D eigenvalue weighted by Crippen LogP contribution is 2.39. The summed E-state index contributed by atoms with van der Waals surface area (Å²) in [7, 11) is 0. The van der Waals surface area contributed by atoms with E-state index in [4.69, 9.17) is 23.2 Å². The van der Waals surface area contributed by atoms with E-state index < -0.39 is 0 Å². The fourth-order valence-electron chi connectivity index (χ4n) is 2.23. The van der Waals surface area contributed by atoms with Gasteiger partial charge >= 0.3 is 0 Å². The Morgan fingerprint density at radius 3 is 2.48 bits per heavy atom. The fraction of sp³-hybridized carbons (Fsp3) is 0.214. The monoisotopic (exact) mass is 322 g/mol. The maximum absolute atomic E-state index is 13.0. The summed E-state index contributed by atoms with van der Waals surface area (Å²) < 4.78 is 14.5. The summed E-state index contributed by atoms with van der Waals surface area (Å²) in [6, 6.07) is 5.91. The molecule has 0 amide bonds. The highest BCUT2D eigenvalue weighted by molar-refractivity contribution is 6.38. The van der Waals surface area contributed by atoms with Crippen molar-refractivity contribution >= 4 is 29.0 Å². The predicted octanol–water partition coefficient (Wildman–Crippen LogP) is 4.11. The Hall–Kier alpha value is -1.72. The second-order valence-corrected chi connectivity index (χ2v) is 5.75. The van der Waals surface area contributed by atoms with Gasteiger partial charge in [-0.1, -0.05) is 35.3 Å². The van der Waals surface area contributed by atoms with Crippen LogP contribution in [0.15, 0.2) is 24.3 Å². The standard InChI is InChI=1S/C14H9Cl2FN4/c15-11-10(7-3-5-9(17)6-4-7)12(16)21-14(18-11)19-13(20-21)8-1-2-8/h3-6,8H,1-2H2. The van der Waals surface area contributed by atoms with Crippen LogP contribution in [0.25, 0.3) is 16.9 Å². The number of hydrogen-bond acceptors (Lipinski definition) is 3. The molecule has 2 heterocycles. The van der Waals surface area contributed by atoms with E-state index in [9.17, 15) is 4.39 Å². The van der Waals surface area contributed by atoms with E-state index in [1.807, 2.05) is 0 Å². The number of benzene rings is 1.